The molecule has 0 saturated carbocycles. The van der Waals surface area contributed by atoms with Crippen molar-refractivity contribution in [2.75, 3.05) is 7.05 Å². The Labute approximate surface area is 85.4 Å². The highest BCUT2D eigenvalue weighted by Crippen LogP contribution is 2.19. The van der Waals surface area contributed by atoms with Gasteiger partial charge < -0.3 is 10.6 Å². The molecule has 4 nitrogen and oxygen atoms in total. The van der Waals surface area contributed by atoms with E-state index >= 15 is 0 Å². The molecular formula is C10H20N2O2. The molecule has 1 unspecified atom stereocenters. The Morgan fingerprint density at radius 3 is 2.07 bits per heavy atom. The van der Waals surface area contributed by atoms with Gasteiger partial charge in [0.25, 0.3) is 0 Å². The molecule has 0 saturated heterocycles. The first-order valence-electron chi connectivity index (χ1n) is 4.83. The fraction of sp³-hybridized carbons (Fsp3) is 0.800. The summed E-state index contributed by atoms with van der Waals surface area (Å²) in [4.78, 5) is 22.7. The van der Waals surface area contributed by atoms with E-state index in [1.165, 1.54) is 0 Å². The van der Waals surface area contributed by atoms with E-state index in [-0.39, 0.29) is 17.2 Å². The Morgan fingerprint density at radius 2 is 1.79 bits per heavy atom. The van der Waals surface area contributed by atoms with Crippen LogP contribution in [-0.4, -0.2) is 24.9 Å². The molecule has 0 spiro atoms. The van der Waals surface area contributed by atoms with Crippen LogP contribution in [0.25, 0.3) is 0 Å². The average Bonchev–Trinajstić information content (AvgIpc) is 2.10. The lowest BCUT2D eigenvalue weighted by atomic mass is 9.86. The SMILES string of the molecule is CCC(=O)NC(C(=O)NC)C(C)(C)C. The van der Waals surface area contributed by atoms with Crippen molar-refractivity contribution in [1.82, 2.24) is 10.6 Å². The highest BCUT2D eigenvalue weighted by atomic mass is 16.2. The van der Waals surface area contributed by atoms with Gasteiger partial charge in [-0.05, 0) is 5.41 Å². The molecular weight excluding hydrogens is 180 g/mol. The van der Waals surface area contributed by atoms with Crippen molar-refractivity contribution in [1.29, 1.82) is 0 Å². The Hall–Kier alpha value is -1.06. The van der Waals surface area contributed by atoms with Crippen LogP contribution in [-0.2, 0) is 9.59 Å². The van der Waals surface area contributed by atoms with Gasteiger partial charge in [0, 0.05) is 13.5 Å². The lowest BCUT2D eigenvalue weighted by Gasteiger charge is -2.29. The van der Waals surface area contributed by atoms with Crippen molar-refractivity contribution in [2.45, 2.75) is 40.2 Å². The number of rotatable bonds is 3. The van der Waals surface area contributed by atoms with E-state index in [2.05, 4.69) is 10.6 Å². The summed E-state index contributed by atoms with van der Waals surface area (Å²) >= 11 is 0. The number of likely N-dealkylation sites (N-methyl/N-ethyl adjacent to an activating group) is 1. The third-order valence-corrected chi connectivity index (χ3v) is 2.00. The Morgan fingerprint density at radius 1 is 1.29 bits per heavy atom. The first-order chi connectivity index (χ1) is 6.32. The highest BCUT2D eigenvalue weighted by molar-refractivity contribution is 5.87. The smallest absolute Gasteiger partial charge is 0.242 e. The van der Waals surface area contributed by atoms with Gasteiger partial charge in [-0.3, -0.25) is 9.59 Å². The van der Waals surface area contributed by atoms with Gasteiger partial charge in [-0.2, -0.15) is 0 Å². The first-order valence-corrected chi connectivity index (χ1v) is 4.83. The topological polar surface area (TPSA) is 58.2 Å². The predicted molar refractivity (Wildman–Crippen MR) is 55.7 cm³/mol. The van der Waals surface area contributed by atoms with Gasteiger partial charge in [-0.25, -0.2) is 0 Å². The summed E-state index contributed by atoms with van der Waals surface area (Å²) in [5.74, 6) is -0.257. The number of amides is 2. The second-order valence-corrected chi connectivity index (χ2v) is 4.33. The quantitative estimate of drug-likeness (QED) is 0.703. The third-order valence-electron chi connectivity index (χ3n) is 2.00. The van der Waals surface area contributed by atoms with E-state index < -0.39 is 6.04 Å². The van der Waals surface area contributed by atoms with Crippen molar-refractivity contribution in [3.63, 3.8) is 0 Å². The maximum absolute atomic E-state index is 11.5. The fourth-order valence-corrected chi connectivity index (χ4v) is 1.08. The van der Waals surface area contributed by atoms with Crippen molar-refractivity contribution >= 4 is 11.8 Å². The molecule has 14 heavy (non-hydrogen) atoms. The van der Waals surface area contributed by atoms with Crippen LogP contribution >= 0.6 is 0 Å². The maximum Gasteiger partial charge on any atom is 0.242 e. The van der Waals surface area contributed by atoms with Crippen LogP contribution in [0.15, 0.2) is 0 Å². The summed E-state index contributed by atoms with van der Waals surface area (Å²) in [7, 11) is 1.57. The summed E-state index contributed by atoms with van der Waals surface area (Å²) in [6.45, 7) is 7.52. The highest BCUT2D eigenvalue weighted by Gasteiger charge is 2.31. The number of nitrogens with one attached hydrogen (secondary N) is 2. The van der Waals surface area contributed by atoms with E-state index in [1.807, 2.05) is 20.8 Å². The molecule has 0 aromatic carbocycles. The molecule has 0 fully saturated rings. The molecule has 0 aliphatic rings. The number of hydrogen-bond acceptors (Lipinski definition) is 2. The van der Waals surface area contributed by atoms with Crippen molar-refractivity contribution in [2.24, 2.45) is 5.41 Å². The molecule has 82 valence electrons. The molecule has 1 atom stereocenters. The average molecular weight is 200 g/mol. The Balaban J connectivity index is 4.58. The van der Waals surface area contributed by atoms with Crippen LogP contribution in [0.5, 0.6) is 0 Å². The summed E-state index contributed by atoms with van der Waals surface area (Å²) in [6, 6.07) is -0.472. The summed E-state index contributed by atoms with van der Waals surface area (Å²) in [5.41, 5.74) is -0.273. The zero-order valence-electron chi connectivity index (χ0n) is 9.60. The second-order valence-electron chi connectivity index (χ2n) is 4.33. The monoisotopic (exact) mass is 200 g/mol. The van der Waals surface area contributed by atoms with Crippen LogP contribution in [0.1, 0.15) is 34.1 Å². The predicted octanol–water partition coefficient (Wildman–Crippen LogP) is 0.673. The molecule has 0 bridgehead atoms. The number of carbonyl (C=O) groups is 2. The fourth-order valence-electron chi connectivity index (χ4n) is 1.08. The van der Waals surface area contributed by atoms with Crippen LogP contribution in [0.4, 0.5) is 0 Å². The van der Waals surface area contributed by atoms with Crippen LogP contribution < -0.4 is 10.6 Å². The van der Waals surface area contributed by atoms with Crippen molar-refractivity contribution in [3.05, 3.63) is 0 Å². The zero-order chi connectivity index (χ0) is 11.4. The van der Waals surface area contributed by atoms with Gasteiger partial charge in [-0.15, -0.1) is 0 Å². The third kappa shape index (κ3) is 3.77. The van der Waals surface area contributed by atoms with Crippen LogP contribution in [0.2, 0.25) is 0 Å². The van der Waals surface area contributed by atoms with Gasteiger partial charge in [0.2, 0.25) is 11.8 Å². The zero-order valence-corrected chi connectivity index (χ0v) is 9.60. The lowest BCUT2D eigenvalue weighted by molar-refractivity contribution is -0.131. The molecule has 0 rings (SSSR count). The van der Waals surface area contributed by atoms with Crippen molar-refractivity contribution in [3.8, 4) is 0 Å². The summed E-state index contributed by atoms with van der Waals surface area (Å²) in [6.07, 6.45) is 0.392. The second kappa shape index (κ2) is 4.98. The minimum Gasteiger partial charge on any atom is -0.357 e. The van der Waals surface area contributed by atoms with Gasteiger partial charge >= 0.3 is 0 Å². The molecule has 0 aliphatic heterocycles. The van der Waals surface area contributed by atoms with Crippen LogP contribution in [0, 0.1) is 5.41 Å². The minimum atomic E-state index is -0.472. The molecule has 0 radical (unpaired) electrons. The normalized spacial score (nSPS) is 13.2. The molecule has 0 aromatic heterocycles. The van der Waals surface area contributed by atoms with Gasteiger partial charge in [0.15, 0.2) is 0 Å². The van der Waals surface area contributed by atoms with E-state index in [1.54, 1.807) is 14.0 Å². The summed E-state index contributed by atoms with van der Waals surface area (Å²) in [5, 5.41) is 5.25. The minimum absolute atomic E-state index is 0.103. The van der Waals surface area contributed by atoms with E-state index in [4.69, 9.17) is 0 Å². The first kappa shape index (κ1) is 12.9. The molecule has 4 heteroatoms. The van der Waals surface area contributed by atoms with Crippen molar-refractivity contribution < 1.29 is 9.59 Å². The van der Waals surface area contributed by atoms with Gasteiger partial charge in [-0.1, -0.05) is 27.7 Å². The molecule has 2 amide bonds. The van der Waals surface area contributed by atoms with E-state index in [0.717, 1.165) is 0 Å². The molecule has 0 aromatic rings. The van der Waals surface area contributed by atoms with E-state index in [9.17, 15) is 9.59 Å². The number of carbonyl (C=O) groups excluding carboxylic acids is 2. The Bertz CT molecular complexity index is 219. The van der Waals surface area contributed by atoms with E-state index in [0.29, 0.717) is 6.42 Å². The largest absolute Gasteiger partial charge is 0.357 e. The standard InChI is InChI=1S/C10H20N2O2/c1-6-7(13)12-8(9(14)11-5)10(2,3)4/h8H,6H2,1-5H3,(H,11,14)(H,12,13). The van der Waals surface area contributed by atoms with Crippen LogP contribution in [0.3, 0.4) is 0 Å². The van der Waals surface area contributed by atoms with Gasteiger partial charge in [0.1, 0.15) is 6.04 Å². The summed E-state index contributed by atoms with van der Waals surface area (Å²) < 4.78 is 0. The maximum atomic E-state index is 11.5. The molecule has 2 N–H and O–H groups in total. The van der Waals surface area contributed by atoms with Gasteiger partial charge in [0.05, 0.1) is 0 Å². The molecule has 0 aliphatic carbocycles. The lowest BCUT2D eigenvalue weighted by Crippen LogP contribution is -2.52. The Kier molecular flexibility index (Phi) is 4.60. The molecule has 0 heterocycles. The number of hydrogen-bond donors (Lipinski definition) is 2.